The van der Waals surface area contributed by atoms with E-state index < -0.39 is 35.5 Å². The number of aromatic nitrogens is 1. The van der Waals surface area contributed by atoms with E-state index in [2.05, 4.69) is 9.72 Å². The van der Waals surface area contributed by atoms with E-state index >= 15 is 0 Å². The Bertz CT molecular complexity index is 1380. The smallest absolute Gasteiger partial charge is 0.406 e. The molecule has 2 fully saturated rings. The second-order valence-electron chi connectivity index (χ2n) is 8.92. The number of amides is 4. The molecule has 8 nitrogen and oxygen atoms in total. The fraction of sp³-hybridized carbons (Fsp3) is 0.231. The molecule has 37 heavy (non-hydrogen) atoms. The highest BCUT2D eigenvalue weighted by Gasteiger charge is 2.71. The summed E-state index contributed by atoms with van der Waals surface area (Å²) in [6.07, 6.45) is -1.73. The van der Waals surface area contributed by atoms with E-state index in [0.29, 0.717) is 12.1 Å². The Morgan fingerprint density at radius 2 is 1.73 bits per heavy atom. The van der Waals surface area contributed by atoms with Gasteiger partial charge in [-0.15, -0.1) is 13.2 Å². The zero-order valence-corrected chi connectivity index (χ0v) is 19.8. The van der Waals surface area contributed by atoms with E-state index in [9.17, 15) is 27.6 Å². The number of urea groups is 1. The van der Waals surface area contributed by atoms with Crippen molar-refractivity contribution in [3.63, 3.8) is 0 Å². The summed E-state index contributed by atoms with van der Waals surface area (Å²) in [5, 5.41) is 0. The molecule has 2 atom stereocenters. The van der Waals surface area contributed by atoms with E-state index in [4.69, 9.17) is 0 Å². The highest BCUT2D eigenvalue weighted by atomic mass is 19.4. The van der Waals surface area contributed by atoms with Crippen LogP contribution in [-0.2, 0) is 4.79 Å². The van der Waals surface area contributed by atoms with Gasteiger partial charge in [0.15, 0.2) is 0 Å². The van der Waals surface area contributed by atoms with Gasteiger partial charge in [0.1, 0.15) is 11.3 Å². The number of benzene rings is 2. The molecule has 2 unspecified atom stereocenters. The molecule has 5 rings (SSSR count). The third-order valence-corrected chi connectivity index (χ3v) is 6.67. The van der Waals surface area contributed by atoms with Gasteiger partial charge >= 0.3 is 12.4 Å². The first-order chi connectivity index (χ1) is 17.5. The molecule has 1 spiro atoms. The molecule has 2 aliphatic rings. The van der Waals surface area contributed by atoms with E-state index in [0.717, 1.165) is 17.0 Å². The maximum Gasteiger partial charge on any atom is 0.573 e. The van der Waals surface area contributed by atoms with Gasteiger partial charge in [0.05, 0.1) is 16.9 Å². The van der Waals surface area contributed by atoms with Crippen LogP contribution in [0.15, 0.2) is 73.1 Å². The van der Waals surface area contributed by atoms with Crippen molar-refractivity contribution in [2.45, 2.75) is 25.2 Å². The van der Waals surface area contributed by atoms with Crippen molar-refractivity contribution in [2.75, 3.05) is 21.7 Å². The summed E-state index contributed by atoms with van der Waals surface area (Å²) >= 11 is 0. The number of hydrogen-bond donors (Lipinski definition) is 0. The average Bonchev–Trinajstić information content (AvgIpc) is 3.49. The normalized spacial score (nSPS) is 20.9. The fourth-order valence-corrected chi connectivity index (χ4v) is 4.70. The second-order valence-corrected chi connectivity index (χ2v) is 8.92. The van der Waals surface area contributed by atoms with Gasteiger partial charge in [-0.05, 0) is 54.8 Å². The molecule has 1 aromatic heterocycles. The van der Waals surface area contributed by atoms with Crippen molar-refractivity contribution >= 4 is 34.9 Å². The number of anilines is 3. The van der Waals surface area contributed by atoms with Crippen LogP contribution < -0.4 is 19.4 Å². The molecule has 2 heterocycles. The van der Waals surface area contributed by atoms with Crippen molar-refractivity contribution in [1.82, 2.24) is 4.98 Å². The maximum absolute atomic E-state index is 13.7. The minimum atomic E-state index is -4.87. The molecular formula is C26H21F3N4O4. The van der Waals surface area contributed by atoms with Gasteiger partial charge in [-0.2, -0.15) is 0 Å². The van der Waals surface area contributed by atoms with Crippen molar-refractivity contribution in [3.05, 3.63) is 78.6 Å². The Morgan fingerprint density at radius 3 is 2.32 bits per heavy atom. The van der Waals surface area contributed by atoms with Crippen LogP contribution in [-0.4, -0.2) is 41.8 Å². The van der Waals surface area contributed by atoms with E-state index in [1.807, 2.05) is 13.0 Å². The summed E-state index contributed by atoms with van der Waals surface area (Å²) in [4.78, 5) is 48.5. The first-order valence-corrected chi connectivity index (χ1v) is 11.4. The highest BCUT2D eigenvalue weighted by molar-refractivity contribution is 6.32. The molecule has 4 amide bonds. The Labute approximate surface area is 209 Å². The molecule has 190 valence electrons. The second kappa shape index (κ2) is 8.61. The molecule has 2 aromatic carbocycles. The number of carbonyl (C=O) groups excluding carboxylic acids is 3. The van der Waals surface area contributed by atoms with E-state index in [-0.39, 0.29) is 22.9 Å². The van der Waals surface area contributed by atoms with Crippen LogP contribution in [0.4, 0.5) is 35.0 Å². The van der Waals surface area contributed by atoms with Gasteiger partial charge < -0.3 is 9.64 Å². The third-order valence-electron chi connectivity index (χ3n) is 6.67. The molecule has 0 radical (unpaired) electrons. The third kappa shape index (κ3) is 4.05. The van der Waals surface area contributed by atoms with Crippen molar-refractivity contribution < 1.29 is 32.3 Å². The van der Waals surface area contributed by atoms with E-state index in [1.54, 1.807) is 31.3 Å². The van der Waals surface area contributed by atoms with Gasteiger partial charge in [-0.25, -0.2) is 9.69 Å². The minimum absolute atomic E-state index is 0.0915. The molecular weight excluding hydrogens is 489 g/mol. The predicted octanol–water partition coefficient (Wildman–Crippen LogP) is 5.01. The zero-order chi connectivity index (χ0) is 26.5. The Kier molecular flexibility index (Phi) is 5.65. The summed E-state index contributed by atoms with van der Waals surface area (Å²) < 4.78 is 41.5. The number of pyridine rings is 1. The standard InChI is InChI=1S/C26H21F3N4O4/c1-16-14-25(16)23(35)32(18-8-10-19(11-9-18)37-26(27,28)29)24(36)33(25)21-12-13-30-15-20(21)22(34)31(2)17-6-4-3-5-7-17/h3-13,15-16H,14H2,1-2H3. The summed E-state index contributed by atoms with van der Waals surface area (Å²) in [6, 6.07) is 14.2. The largest absolute Gasteiger partial charge is 0.573 e. The lowest BCUT2D eigenvalue weighted by Gasteiger charge is -2.26. The van der Waals surface area contributed by atoms with Crippen LogP contribution in [0.25, 0.3) is 0 Å². The Balaban J connectivity index is 1.52. The first kappa shape index (κ1) is 24.3. The SMILES string of the molecule is CC1CC12C(=O)N(c1ccc(OC(F)(F)F)cc1)C(=O)N2c1ccncc1C(=O)N(C)c1ccccc1. The van der Waals surface area contributed by atoms with Crippen LogP contribution in [0.5, 0.6) is 5.75 Å². The molecule has 0 N–H and O–H groups in total. The number of halogens is 3. The van der Waals surface area contributed by atoms with Gasteiger partial charge in [-0.1, -0.05) is 25.1 Å². The molecule has 1 aliphatic heterocycles. The first-order valence-electron chi connectivity index (χ1n) is 11.4. The lowest BCUT2D eigenvalue weighted by Crippen LogP contribution is -2.40. The highest BCUT2D eigenvalue weighted by Crippen LogP contribution is 2.56. The number of carbonyl (C=O) groups is 3. The number of alkyl halides is 3. The molecule has 1 saturated heterocycles. The number of ether oxygens (including phenoxy) is 1. The molecule has 1 saturated carbocycles. The summed E-state index contributed by atoms with van der Waals surface area (Å²) in [5.41, 5.74) is -0.133. The van der Waals surface area contributed by atoms with Crippen molar-refractivity contribution in [2.24, 2.45) is 5.92 Å². The zero-order valence-electron chi connectivity index (χ0n) is 19.8. The number of nitrogens with zero attached hydrogens (tertiary/aromatic N) is 4. The number of para-hydroxylation sites is 1. The lowest BCUT2D eigenvalue weighted by atomic mass is 10.1. The lowest BCUT2D eigenvalue weighted by molar-refractivity contribution is -0.274. The molecule has 3 aromatic rings. The average molecular weight is 510 g/mol. The van der Waals surface area contributed by atoms with Crippen LogP contribution in [0.3, 0.4) is 0 Å². The summed E-state index contributed by atoms with van der Waals surface area (Å²) in [7, 11) is 1.60. The van der Waals surface area contributed by atoms with E-state index in [1.165, 1.54) is 40.4 Å². The number of imide groups is 1. The quantitative estimate of drug-likeness (QED) is 0.451. The van der Waals surface area contributed by atoms with Crippen molar-refractivity contribution in [3.8, 4) is 5.75 Å². The van der Waals surface area contributed by atoms with Gasteiger partial charge in [0.25, 0.3) is 11.8 Å². The van der Waals surface area contributed by atoms with Crippen LogP contribution >= 0.6 is 0 Å². The predicted molar refractivity (Wildman–Crippen MR) is 128 cm³/mol. The topological polar surface area (TPSA) is 83.0 Å². The van der Waals surface area contributed by atoms with Gasteiger partial charge in [0.2, 0.25) is 0 Å². The summed E-state index contributed by atoms with van der Waals surface area (Å²) in [5.74, 6) is -1.62. The maximum atomic E-state index is 13.7. The van der Waals surface area contributed by atoms with Gasteiger partial charge in [-0.3, -0.25) is 19.5 Å². The number of rotatable bonds is 5. The Morgan fingerprint density at radius 1 is 1.08 bits per heavy atom. The minimum Gasteiger partial charge on any atom is -0.406 e. The van der Waals surface area contributed by atoms with Gasteiger partial charge in [0, 0.05) is 25.1 Å². The Hall–Kier alpha value is -4.41. The molecule has 11 heteroatoms. The molecule has 0 bridgehead atoms. The fourth-order valence-electron chi connectivity index (χ4n) is 4.70. The monoisotopic (exact) mass is 510 g/mol. The van der Waals surface area contributed by atoms with Crippen LogP contribution in [0.2, 0.25) is 0 Å². The van der Waals surface area contributed by atoms with Crippen LogP contribution in [0.1, 0.15) is 23.7 Å². The van der Waals surface area contributed by atoms with Crippen LogP contribution in [0, 0.1) is 5.92 Å². The van der Waals surface area contributed by atoms with Crippen molar-refractivity contribution in [1.29, 1.82) is 0 Å². The number of hydrogen-bond acceptors (Lipinski definition) is 5. The summed E-state index contributed by atoms with van der Waals surface area (Å²) in [6.45, 7) is 1.82. The molecule has 1 aliphatic carbocycles.